The van der Waals surface area contributed by atoms with Gasteiger partial charge in [-0.2, -0.15) is 0 Å². The number of benzene rings is 3. The number of carbonyl (C=O) groups excluding carboxylic acids is 2. The first-order chi connectivity index (χ1) is 14.7. The summed E-state index contributed by atoms with van der Waals surface area (Å²) in [6.07, 6.45) is 0. The van der Waals surface area contributed by atoms with Crippen molar-refractivity contribution in [1.82, 2.24) is 0 Å². The first-order valence-electron chi connectivity index (χ1n) is 10.0. The molecule has 0 saturated heterocycles. The van der Waals surface area contributed by atoms with E-state index in [9.17, 15) is 9.59 Å². The van der Waals surface area contributed by atoms with E-state index in [0.717, 1.165) is 16.7 Å². The fourth-order valence-electron chi connectivity index (χ4n) is 4.51. The minimum Gasteiger partial charge on any atom is -0.460 e. The molecule has 0 spiro atoms. The molecule has 0 bridgehead atoms. The largest absolute Gasteiger partial charge is 0.460 e. The van der Waals surface area contributed by atoms with Crippen LogP contribution in [0.5, 0.6) is 0 Å². The summed E-state index contributed by atoms with van der Waals surface area (Å²) in [6, 6.07) is 28.4. The van der Waals surface area contributed by atoms with Crippen molar-refractivity contribution in [1.29, 1.82) is 0 Å². The predicted octanol–water partition coefficient (Wildman–Crippen LogP) is 6.20. The van der Waals surface area contributed by atoms with Crippen LogP contribution in [0.15, 0.2) is 95.4 Å². The maximum atomic E-state index is 13.7. The number of carbonyl (C=O) groups is 2. The van der Waals surface area contributed by atoms with Gasteiger partial charge in [0.25, 0.3) is 0 Å². The predicted molar refractivity (Wildman–Crippen MR) is 116 cm³/mol. The van der Waals surface area contributed by atoms with Crippen molar-refractivity contribution in [2.75, 3.05) is 0 Å². The molecule has 0 aliphatic heterocycles. The van der Waals surface area contributed by atoms with Gasteiger partial charge in [0.1, 0.15) is 11.5 Å². The van der Waals surface area contributed by atoms with Crippen molar-refractivity contribution in [3.8, 4) is 11.3 Å². The first kappa shape index (κ1) is 18.3. The Morgan fingerprint density at radius 1 is 0.800 bits per heavy atom. The number of rotatable bonds is 4. The van der Waals surface area contributed by atoms with Gasteiger partial charge in [0.2, 0.25) is 0 Å². The van der Waals surface area contributed by atoms with E-state index in [1.165, 1.54) is 0 Å². The molecule has 30 heavy (non-hydrogen) atoms. The number of fused-ring (bicyclic) bond motifs is 1. The Morgan fingerprint density at radius 3 is 2.00 bits per heavy atom. The van der Waals surface area contributed by atoms with Crippen molar-refractivity contribution in [2.24, 2.45) is 0 Å². The highest BCUT2D eigenvalue weighted by Crippen LogP contribution is 2.51. The molecule has 3 aromatic carbocycles. The molecule has 0 saturated carbocycles. The van der Waals surface area contributed by atoms with Gasteiger partial charge >= 0.3 is 0 Å². The normalized spacial score (nSPS) is 17.7. The number of hydrogen-bond donors (Lipinski definition) is 0. The monoisotopic (exact) mass is 392 g/mol. The lowest BCUT2D eigenvalue weighted by molar-refractivity contribution is 0.0888. The Hall–Kier alpha value is -3.72. The van der Waals surface area contributed by atoms with Gasteiger partial charge in [-0.05, 0) is 12.5 Å². The second kappa shape index (κ2) is 7.27. The molecular formula is C27H20O3. The summed E-state index contributed by atoms with van der Waals surface area (Å²) in [5, 5.41) is 0. The zero-order valence-electron chi connectivity index (χ0n) is 16.5. The van der Waals surface area contributed by atoms with Gasteiger partial charge in [-0.3, -0.25) is 9.59 Å². The van der Waals surface area contributed by atoms with E-state index in [1.54, 1.807) is 12.1 Å². The summed E-state index contributed by atoms with van der Waals surface area (Å²) < 4.78 is 6.07. The standard InChI is InChI=1S/C27H20O3/c1-17-21-23(25(28)19-13-7-3-8-14-19)22(18-11-5-2-6-12-18)26(29)24(21)27(30-17)20-15-9-4-10-16-20/h2-16,22-23H,1H3/t22-,23+/m0/s1. The average molecular weight is 392 g/mol. The molecule has 1 aromatic heterocycles. The smallest absolute Gasteiger partial charge is 0.175 e. The third-order valence-electron chi connectivity index (χ3n) is 5.84. The molecule has 5 rings (SSSR count). The van der Waals surface area contributed by atoms with Crippen molar-refractivity contribution < 1.29 is 14.0 Å². The van der Waals surface area contributed by atoms with Crippen LogP contribution in [0.25, 0.3) is 11.3 Å². The molecule has 2 atom stereocenters. The quantitative estimate of drug-likeness (QED) is 0.388. The summed E-state index contributed by atoms with van der Waals surface area (Å²) in [6.45, 7) is 1.84. The highest BCUT2D eigenvalue weighted by molar-refractivity contribution is 6.17. The highest BCUT2D eigenvalue weighted by atomic mass is 16.3. The molecule has 1 aliphatic carbocycles. The van der Waals surface area contributed by atoms with Crippen molar-refractivity contribution in [2.45, 2.75) is 18.8 Å². The molecule has 0 radical (unpaired) electrons. The summed E-state index contributed by atoms with van der Waals surface area (Å²) in [5.41, 5.74) is 3.57. The van der Waals surface area contributed by atoms with Crippen LogP contribution in [-0.4, -0.2) is 11.6 Å². The first-order valence-corrected chi connectivity index (χ1v) is 10.0. The molecule has 3 nitrogen and oxygen atoms in total. The summed E-state index contributed by atoms with van der Waals surface area (Å²) >= 11 is 0. The molecule has 146 valence electrons. The summed E-state index contributed by atoms with van der Waals surface area (Å²) in [4.78, 5) is 27.4. The van der Waals surface area contributed by atoms with Gasteiger partial charge in [-0.1, -0.05) is 91.0 Å². The number of hydrogen-bond acceptors (Lipinski definition) is 3. The van der Waals surface area contributed by atoms with Crippen LogP contribution in [0, 0.1) is 6.92 Å². The van der Waals surface area contributed by atoms with Gasteiger partial charge < -0.3 is 4.42 Å². The van der Waals surface area contributed by atoms with Crippen molar-refractivity contribution in [3.05, 3.63) is 119 Å². The second-order valence-corrected chi connectivity index (χ2v) is 7.60. The Labute approximate surface area is 175 Å². The van der Waals surface area contributed by atoms with E-state index >= 15 is 0 Å². The minimum atomic E-state index is -0.599. The molecule has 0 fully saturated rings. The van der Waals surface area contributed by atoms with Gasteiger partial charge in [-0.15, -0.1) is 0 Å². The van der Waals surface area contributed by atoms with Gasteiger partial charge in [0.05, 0.1) is 17.4 Å². The van der Waals surface area contributed by atoms with Crippen LogP contribution in [0.3, 0.4) is 0 Å². The Bertz CT molecular complexity index is 1220. The minimum absolute atomic E-state index is 0.0545. The van der Waals surface area contributed by atoms with E-state index < -0.39 is 11.8 Å². The second-order valence-electron chi connectivity index (χ2n) is 7.60. The van der Waals surface area contributed by atoms with Crippen LogP contribution < -0.4 is 0 Å². The molecule has 0 unspecified atom stereocenters. The van der Waals surface area contributed by atoms with Crippen molar-refractivity contribution >= 4 is 11.6 Å². The van der Waals surface area contributed by atoms with Crippen LogP contribution in [-0.2, 0) is 0 Å². The van der Waals surface area contributed by atoms with Crippen LogP contribution in [0.1, 0.15) is 49.4 Å². The maximum absolute atomic E-state index is 13.7. The fraction of sp³-hybridized carbons (Fsp3) is 0.111. The molecule has 0 N–H and O–H groups in total. The number of furan rings is 1. The molecule has 3 heteroatoms. The van der Waals surface area contributed by atoms with Gasteiger partial charge in [0.15, 0.2) is 11.6 Å². The topological polar surface area (TPSA) is 47.3 Å². The van der Waals surface area contributed by atoms with E-state index in [0.29, 0.717) is 22.6 Å². The molecule has 1 aliphatic rings. The van der Waals surface area contributed by atoms with E-state index in [1.807, 2.05) is 85.8 Å². The third kappa shape index (κ3) is 2.82. The molecular weight excluding hydrogens is 372 g/mol. The number of aryl methyl sites for hydroxylation is 1. The maximum Gasteiger partial charge on any atom is 0.175 e. The lowest BCUT2D eigenvalue weighted by Crippen LogP contribution is -2.20. The lowest BCUT2D eigenvalue weighted by Gasteiger charge is -2.19. The van der Waals surface area contributed by atoms with E-state index in [4.69, 9.17) is 4.42 Å². The third-order valence-corrected chi connectivity index (χ3v) is 5.84. The van der Waals surface area contributed by atoms with Crippen molar-refractivity contribution in [3.63, 3.8) is 0 Å². The number of ketones is 2. The average Bonchev–Trinajstić information content (AvgIpc) is 3.30. The highest BCUT2D eigenvalue weighted by Gasteiger charge is 2.49. The molecule has 0 amide bonds. The zero-order chi connectivity index (χ0) is 20.7. The Balaban J connectivity index is 1.73. The van der Waals surface area contributed by atoms with Gasteiger partial charge in [0, 0.05) is 16.7 Å². The molecule has 4 aromatic rings. The fourth-order valence-corrected chi connectivity index (χ4v) is 4.51. The van der Waals surface area contributed by atoms with E-state index in [2.05, 4.69) is 0 Å². The van der Waals surface area contributed by atoms with Crippen LogP contribution >= 0.6 is 0 Å². The number of Topliss-reactive ketones (excluding diaryl/α,β-unsaturated/α-hetero) is 2. The van der Waals surface area contributed by atoms with Crippen LogP contribution in [0.2, 0.25) is 0 Å². The van der Waals surface area contributed by atoms with Gasteiger partial charge in [-0.25, -0.2) is 0 Å². The van der Waals surface area contributed by atoms with E-state index in [-0.39, 0.29) is 11.6 Å². The van der Waals surface area contributed by atoms with Crippen LogP contribution in [0.4, 0.5) is 0 Å². The summed E-state index contributed by atoms with van der Waals surface area (Å²) in [7, 11) is 0. The lowest BCUT2D eigenvalue weighted by atomic mass is 9.81. The Morgan fingerprint density at radius 2 is 1.37 bits per heavy atom. The zero-order valence-corrected chi connectivity index (χ0v) is 16.5. The molecule has 1 heterocycles. The SMILES string of the molecule is Cc1oc(-c2ccccc2)c2c1[C@@H](C(=O)c1ccccc1)[C@H](c1ccccc1)C2=O. The Kier molecular flexibility index (Phi) is 4.44. The summed E-state index contributed by atoms with van der Waals surface area (Å²) in [5.74, 6) is -0.0801.